The third kappa shape index (κ3) is 3.74. The number of hydrogen-bond donors (Lipinski definition) is 1. The van der Waals surface area contributed by atoms with E-state index in [1.807, 2.05) is 39.8 Å². The standard InChI is InChI=1S/C20H23FN4O/c1-12(2)22-20(26)9-8-17-13(3)23-19-11-18(24-25(19)14(17)4)15-6-5-7-16(21)10-15/h5-7,10-12H,8-9H2,1-4H3,(H,22,26). The molecular weight excluding hydrogens is 331 g/mol. The average molecular weight is 354 g/mol. The quantitative estimate of drug-likeness (QED) is 0.761. The van der Waals surface area contributed by atoms with Crippen LogP contribution in [0, 0.1) is 19.7 Å². The number of amides is 1. The van der Waals surface area contributed by atoms with Crippen molar-refractivity contribution in [2.75, 3.05) is 0 Å². The first-order valence-corrected chi connectivity index (χ1v) is 8.76. The monoisotopic (exact) mass is 354 g/mol. The second-order valence-electron chi connectivity index (χ2n) is 6.79. The molecule has 0 atom stereocenters. The number of halogens is 1. The molecule has 0 fully saturated rings. The third-order valence-corrected chi connectivity index (χ3v) is 4.34. The van der Waals surface area contributed by atoms with E-state index < -0.39 is 0 Å². The summed E-state index contributed by atoms with van der Waals surface area (Å²) in [5, 5.41) is 7.49. The van der Waals surface area contributed by atoms with Gasteiger partial charge in [0.2, 0.25) is 5.91 Å². The van der Waals surface area contributed by atoms with Crippen LogP contribution in [0.5, 0.6) is 0 Å². The van der Waals surface area contributed by atoms with Crippen molar-refractivity contribution in [1.29, 1.82) is 0 Å². The van der Waals surface area contributed by atoms with Gasteiger partial charge >= 0.3 is 0 Å². The Morgan fingerprint density at radius 3 is 2.73 bits per heavy atom. The molecule has 0 bridgehead atoms. The van der Waals surface area contributed by atoms with Crippen LogP contribution in [-0.2, 0) is 11.2 Å². The Balaban J connectivity index is 1.93. The predicted molar refractivity (Wildman–Crippen MR) is 99.5 cm³/mol. The van der Waals surface area contributed by atoms with E-state index >= 15 is 0 Å². The molecule has 1 aromatic carbocycles. The van der Waals surface area contributed by atoms with Gasteiger partial charge in [-0.3, -0.25) is 4.79 Å². The smallest absolute Gasteiger partial charge is 0.220 e. The van der Waals surface area contributed by atoms with E-state index in [1.165, 1.54) is 12.1 Å². The lowest BCUT2D eigenvalue weighted by molar-refractivity contribution is -0.121. The Morgan fingerprint density at radius 2 is 2.04 bits per heavy atom. The first-order valence-electron chi connectivity index (χ1n) is 8.76. The lowest BCUT2D eigenvalue weighted by atomic mass is 10.1. The van der Waals surface area contributed by atoms with E-state index in [0.717, 1.165) is 22.6 Å². The van der Waals surface area contributed by atoms with Crippen LogP contribution in [0.25, 0.3) is 16.9 Å². The Kier molecular flexibility index (Phi) is 5.02. The average Bonchev–Trinajstić information content (AvgIpc) is 2.98. The molecule has 6 heteroatoms. The van der Waals surface area contributed by atoms with Crippen molar-refractivity contribution in [3.05, 3.63) is 53.1 Å². The topological polar surface area (TPSA) is 59.3 Å². The molecule has 26 heavy (non-hydrogen) atoms. The van der Waals surface area contributed by atoms with Gasteiger partial charge in [-0.05, 0) is 51.8 Å². The van der Waals surface area contributed by atoms with Gasteiger partial charge in [0.1, 0.15) is 5.82 Å². The lowest BCUT2D eigenvalue weighted by Gasteiger charge is -2.12. The maximum absolute atomic E-state index is 13.5. The van der Waals surface area contributed by atoms with Gasteiger partial charge < -0.3 is 5.32 Å². The summed E-state index contributed by atoms with van der Waals surface area (Å²) in [5.41, 5.74) is 4.96. The summed E-state index contributed by atoms with van der Waals surface area (Å²) < 4.78 is 15.3. The number of hydrogen-bond acceptors (Lipinski definition) is 3. The Bertz CT molecular complexity index is 962. The highest BCUT2D eigenvalue weighted by atomic mass is 19.1. The van der Waals surface area contributed by atoms with Crippen LogP contribution in [0.15, 0.2) is 30.3 Å². The molecule has 5 nitrogen and oxygen atoms in total. The number of carbonyl (C=O) groups is 1. The number of rotatable bonds is 5. The molecule has 0 aliphatic rings. The summed E-state index contributed by atoms with van der Waals surface area (Å²) in [6.45, 7) is 7.80. The zero-order valence-electron chi connectivity index (χ0n) is 15.5. The minimum Gasteiger partial charge on any atom is -0.354 e. The summed E-state index contributed by atoms with van der Waals surface area (Å²) in [7, 11) is 0. The van der Waals surface area contributed by atoms with E-state index in [1.54, 1.807) is 10.6 Å². The molecular formula is C20H23FN4O. The van der Waals surface area contributed by atoms with Crippen molar-refractivity contribution in [2.24, 2.45) is 0 Å². The van der Waals surface area contributed by atoms with Crippen LogP contribution < -0.4 is 5.32 Å². The maximum atomic E-state index is 13.5. The second kappa shape index (κ2) is 7.23. The summed E-state index contributed by atoms with van der Waals surface area (Å²) in [6.07, 6.45) is 1.01. The SMILES string of the molecule is Cc1nc2cc(-c3cccc(F)c3)nn2c(C)c1CCC(=O)NC(C)C. The van der Waals surface area contributed by atoms with Crippen molar-refractivity contribution >= 4 is 11.6 Å². The van der Waals surface area contributed by atoms with Gasteiger partial charge in [0.25, 0.3) is 0 Å². The van der Waals surface area contributed by atoms with Crippen molar-refractivity contribution in [1.82, 2.24) is 19.9 Å². The van der Waals surface area contributed by atoms with Crippen molar-refractivity contribution in [2.45, 2.75) is 46.6 Å². The van der Waals surface area contributed by atoms with Crippen LogP contribution in [0.4, 0.5) is 4.39 Å². The Hall–Kier alpha value is -2.76. The van der Waals surface area contributed by atoms with Gasteiger partial charge in [-0.25, -0.2) is 13.9 Å². The molecule has 2 heterocycles. The zero-order chi connectivity index (χ0) is 18.8. The highest BCUT2D eigenvalue weighted by Crippen LogP contribution is 2.23. The molecule has 0 aliphatic carbocycles. The van der Waals surface area contributed by atoms with E-state index in [2.05, 4.69) is 15.4 Å². The summed E-state index contributed by atoms with van der Waals surface area (Å²) >= 11 is 0. The van der Waals surface area contributed by atoms with Crippen LogP contribution in [0.2, 0.25) is 0 Å². The Morgan fingerprint density at radius 1 is 1.27 bits per heavy atom. The molecule has 3 rings (SSSR count). The highest BCUT2D eigenvalue weighted by molar-refractivity contribution is 5.76. The van der Waals surface area contributed by atoms with Gasteiger partial charge in [0, 0.05) is 35.5 Å². The normalized spacial score (nSPS) is 11.3. The largest absolute Gasteiger partial charge is 0.354 e. The lowest BCUT2D eigenvalue weighted by Crippen LogP contribution is -2.30. The van der Waals surface area contributed by atoms with Gasteiger partial charge in [-0.15, -0.1) is 0 Å². The fraction of sp³-hybridized carbons (Fsp3) is 0.350. The van der Waals surface area contributed by atoms with E-state index in [4.69, 9.17) is 0 Å². The minimum atomic E-state index is -0.294. The number of fused-ring (bicyclic) bond motifs is 1. The third-order valence-electron chi connectivity index (χ3n) is 4.34. The van der Waals surface area contributed by atoms with Gasteiger partial charge in [-0.1, -0.05) is 12.1 Å². The van der Waals surface area contributed by atoms with E-state index in [0.29, 0.717) is 24.1 Å². The highest BCUT2D eigenvalue weighted by Gasteiger charge is 2.14. The second-order valence-corrected chi connectivity index (χ2v) is 6.79. The van der Waals surface area contributed by atoms with Crippen LogP contribution in [0.1, 0.15) is 37.2 Å². The number of benzene rings is 1. The zero-order valence-corrected chi connectivity index (χ0v) is 15.5. The first kappa shape index (κ1) is 18.0. The molecule has 1 N–H and O–H groups in total. The number of aryl methyl sites for hydroxylation is 2. The van der Waals surface area contributed by atoms with Crippen molar-refractivity contribution < 1.29 is 9.18 Å². The molecule has 0 aliphatic heterocycles. The molecule has 136 valence electrons. The number of aromatic nitrogens is 3. The molecule has 0 radical (unpaired) electrons. The van der Waals surface area contributed by atoms with Gasteiger partial charge in [0.15, 0.2) is 5.65 Å². The predicted octanol–water partition coefficient (Wildman–Crippen LogP) is 3.61. The van der Waals surface area contributed by atoms with Crippen LogP contribution in [0.3, 0.4) is 0 Å². The molecule has 0 unspecified atom stereocenters. The summed E-state index contributed by atoms with van der Waals surface area (Å²) in [5.74, 6) is -0.267. The fourth-order valence-electron chi connectivity index (χ4n) is 3.11. The molecule has 0 saturated carbocycles. The number of carbonyl (C=O) groups excluding carboxylic acids is 1. The molecule has 0 saturated heterocycles. The van der Waals surface area contributed by atoms with Crippen molar-refractivity contribution in [3.63, 3.8) is 0 Å². The summed E-state index contributed by atoms with van der Waals surface area (Å²) in [4.78, 5) is 16.6. The summed E-state index contributed by atoms with van der Waals surface area (Å²) in [6, 6.07) is 8.34. The first-order chi connectivity index (χ1) is 12.3. The molecule has 2 aromatic heterocycles. The van der Waals surface area contributed by atoms with Crippen LogP contribution in [-0.4, -0.2) is 26.5 Å². The van der Waals surface area contributed by atoms with Crippen molar-refractivity contribution in [3.8, 4) is 11.3 Å². The Labute approximate surface area is 152 Å². The fourth-order valence-corrected chi connectivity index (χ4v) is 3.11. The van der Waals surface area contributed by atoms with Crippen LogP contribution >= 0.6 is 0 Å². The molecule has 3 aromatic rings. The minimum absolute atomic E-state index is 0.0276. The molecule has 1 amide bonds. The molecule has 0 spiro atoms. The number of nitrogens with one attached hydrogen (secondary N) is 1. The maximum Gasteiger partial charge on any atom is 0.220 e. The van der Waals surface area contributed by atoms with E-state index in [-0.39, 0.29) is 17.8 Å². The number of nitrogens with zero attached hydrogens (tertiary/aromatic N) is 3. The van der Waals surface area contributed by atoms with Gasteiger partial charge in [-0.2, -0.15) is 5.10 Å². The van der Waals surface area contributed by atoms with Gasteiger partial charge in [0.05, 0.1) is 5.69 Å². The van der Waals surface area contributed by atoms with E-state index in [9.17, 15) is 9.18 Å².